The van der Waals surface area contributed by atoms with Crippen molar-refractivity contribution in [2.75, 3.05) is 0 Å². The van der Waals surface area contributed by atoms with Crippen LogP contribution in [0, 0.1) is 0 Å². The molecule has 0 aliphatic heterocycles. The van der Waals surface area contributed by atoms with Crippen LogP contribution in [0.2, 0.25) is 0 Å². The van der Waals surface area contributed by atoms with E-state index in [1.54, 1.807) is 24.3 Å². The first kappa shape index (κ1) is 14.7. The lowest BCUT2D eigenvalue weighted by Crippen LogP contribution is -1.96. The van der Waals surface area contributed by atoms with Gasteiger partial charge in [-0.05, 0) is 41.5 Å². The molecule has 0 aliphatic carbocycles. The normalized spacial score (nSPS) is 12.0. The van der Waals surface area contributed by atoms with E-state index in [0.717, 1.165) is 10.9 Å². The fourth-order valence-electron chi connectivity index (χ4n) is 2.10. The number of fused-ring (bicyclic) bond motifs is 1. The highest BCUT2D eigenvalue weighted by atomic mass is 16.3. The Hall–Kier alpha value is -2.75. The summed E-state index contributed by atoms with van der Waals surface area (Å²) < 4.78 is 0. The van der Waals surface area contributed by atoms with Crippen molar-refractivity contribution in [1.29, 1.82) is 0 Å². The van der Waals surface area contributed by atoms with Crippen molar-refractivity contribution in [3.63, 3.8) is 0 Å². The van der Waals surface area contributed by atoms with Crippen LogP contribution in [0.1, 0.15) is 22.8 Å². The van der Waals surface area contributed by atoms with Gasteiger partial charge in [-0.2, -0.15) is 0 Å². The summed E-state index contributed by atoms with van der Waals surface area (Å²) in [5.74, 6) is -0.0282. The van der Waals surface area contributed by atoms with Crippen molar-refractivity contribution in [3.05, 3.63) is 53.6 Å². The SMILES string of the molecule is C/C=C\C(C=O)=N/Cc1ccc2c(C=O)c(O)ccc2c1. The van der Waals surface area contributed by atoms with E-state index in [0.29, 0.717) is 30.2 Å². The predicted molar refractivity (Wildman–Crippen MR) is 83.0 cm³/mol. The lowest BCUT2D eigenvalue weighted by molar-refractivity contribution is -0.102. The van der Waals surface area contributed by atoms with Gasteiger partial charge in [0.1, 0.15) is 5.75 Å². The molecule has 4 nitrogen and oxygen atoms in total. The summed E-state index contributed by atoms with van der Waals surface area (Å²) in [7, 11) is 0. The molecule has 0 radical (unpaired) electrons. The van der Waals surface area contributed by atoms with E-state index in [2.05, 4.69) is 4.99 Å². The third kappa shape index (κ3) is 3.23. The van der Waals surface area contributed by atoms with Crippen molar-refractivity contribution < 1.29 is 14.7 Å². The van der Waals surface area contributed by atoms with Gasteiger partial charge >= 0.3 is 0 Å². The Labute approximate surface area is 122 Å². The van der Waals surface area contributed by atoms with E-state index in [9.17, 15) is 14.7 Å². The van der Waals surface area contributed by atoms with Gasteiger partial charge in [0.2, 0.25) is 0 Å². The van der Waals surface area contributed by atoms with E-state index < -0.39 is 0 Å². The summed E-state index contributed by atoms with van der Waals surface area (Å²) in [4.78, 5) is 26.0. The van der Waals surface area contributed by atoms with E-state index in [4.69, 9.17) is 0 Å². The molecule has 106 valence electrons. The first-order valence-corrected chi connectivity index (χ1v) is 6.51. The second kappa shape index (κ2) is 6.61. The highest BCUT2D eigenvalue weighted by Crippen LogP contribution is 2.26. The Balaban J connectivity index is 2.38. The molecule has 0 aromatic heterocycles. The third-order valence-corrected chi connectivity index (χ3v) is 3.12. The monoisotopic (exact) mass is 281 g/mol. The third-order valence-electron chi connectivity index (χ3n) is 3.12. The van der Waals surface area contributed by atoms with Crippen LogP contribution < -0.4 is 0 Å². The van der Waals surface area contributed by atoms with E-state index >= 15 is 0 Å². The number of phenolic OH excluding ortho intramolecular Hbond substituents is 1. The van der Waals surface area contributed by atoms with Crippen LogP contribution in [0.25, 0.3) is 10.8 Å². The zero-order chi connectivity index (χ0) is 15.2. The maximum atomic E-state index is 11.0. The highest BCUT2D eigenvalue weighted by Gasteiger charge is 2.06. The molecule has 2 aromatic carbocycles. The fraction of sp³-hybridized carbons (Fsp3) is 0.118. The van der Waals surface area contributed by atoms with Crippen molar-refractivity contribution in [3.8, 4) is 5.75 Å². The largest absolute Gasteiger partial charge is 0.507 e. The molecule has 0 saturated carbocycles. The second-order valence-electron chi connectivity index (χ2n) is 4.53. The van der Waals surface area contributed by atoms with Gasteiger partial charge in [-0.15, -0.1) is 0 Å². The van der Waals surface area contributed by atoms with Gasteiger partial charge in [-0.25, -0.2) is 0 Å². The molecule has 0 amide bonds. The first-order chi connectivity index (χ1) is 10.2. The van der Waals surface area contributed by atoms with Crippen molar-refractivity contribution in [2.24, 2.45) is 4.99 Å². The molecule has 0 fully saturated rings. The number of aldehydes is 2. The van der Waals surface area contributed by atoms with Crippen molar-refractivity contribution >= 4 is 29.1 Å². The average molecular weight is 281 g/mol. The molecule has 2 rings (SSSR count). The lowest BCUT2D eigenvalue weighted by atomic mass is 10.0. The summed E-state index contributed by atoms with van der Waals surface area (Å²) in [5.41, 5.74) is 1.59. The Kier molecular flexibility index (Phi) is 4.61. The molecular formula is C17H15NO3. The van der Waals surface area contributed by atoms with Crippen molar-refractivity contribution in [2.45, 2.75) is 13.5 Å². The number of allylic oxidation sites excluding steroid dienone is 2. The first-order valence-electron chi connectivity index (χ1n) is 6.51. The van der Waals surface area contributed by atoms with Crippen LogP contribution in [0.4, 0.5) is 0 Å². The number of aromatic hydroxyl groups is 1. The Bertz CT molecular complexity index is 745. The summed E-state index contributed by atoms with van der Waals surface area (Å²) in [5, 5.41) is 11.2. The van der Waals surface area contributed by atoms with Gasteiger partial charge in [0.25, 0.3) is 0 Å². The van der Waals surface area contributed by atoms with Gasteiger partial charge in [-0.1, -0.05) is 24.3 Å². The summed E-state index contributed by atoms with van der Waals surface area (Å²) in [6.45, 7) is 2.20. The number of carbonyl (C=O) groups excluding carboxylic acids is 2. The minimum absolute atomic E-state index is 0.0282. The van der Waals surface area contributed by atoms with Gasteiger partial charge in [-0.3, -0.25) is 14.6 Å². The molecule has 21 heavy (non-hydrogen) atoms. The Morgan fingerprint density at radius 1 is 1.24 bits per heavy atom. The Morgan fingerprint density at radius 3 is 2.71 bits per heavy atom. The minimum atomic E-state index is -0.0282. The van der Waals surface area contributed by atoms with Crippen LogP contribution in [0.15, 0.2) is 47.5 Å². The molecule has 0 saturated heterocycles. The van der Waals surface area contributed by atoms with Crippen LogP contribution in [-0.2, 0) is 11.3 Å². The molecule has 0 unspecified atom stereocenters. The molecule has 0 aliphatic rings. The maximum Gasteiger partial charge on any atom is 0.167 e. The van der Waals surface area contributed by atoms with Crippen LogP contribution >= 0.6 is 0 Å². The standard InChI is InChI=1S/C17H15NO3/c1-2-3-14(10-19)18-9-12-4-6-15-13(8-12)5-7-17(21)16(15)11-20/h2-8,10-11,21H,9H2,1H3/b3-2-,18-14+. The van der Waals surface area contributed by atoms with Gasteiger partial charge in [0.05, 0.1) is 17.8 Å². The number of phenols is 1. The zero-order valence-electron chi connectivity index (χ0n) is 11.6. The smallest absolute Gasteiger partial charge is 0.167 e. The molecule has 0 bridgehead atoms. The topological polar surface area (TPSA) is 66.7 Å². The van der Waals surface area contributed by atoms with Crippen LogP contribution in [0.5, 0.6) is 5.75 Å². The van der Waals surface area contributed by atoms with E-state index in [1.807, 2.05) is 19.1 Å². The second-order valence-corrected chi connectivity index (χ2v) is 4.53. The van der Waals surface area contributed by atoms with E-state index in [1.165, 1.54) is 6.07 Å². The lowest BCUT2D eigenvalue weighted by Gasteiger charge is -2.05. The molecule has 1 N–H and O–H groups in total. The number of benzene rings is 2. The molecule has 4 heteroatoms. The number of carbonyl (C=O) groups is 2. The number of aliphatic imine (C=N–C) groups is 1. The van der Waals surface area contributed by atoms with Gasteiger partial charge in [0, 0.05) is 0 Å². The predicted octanol–water partition coefficient (Wildman–Crippen LogP) is 3.07. The summed E-state index contributed by atoms with van der Waals surface area (Å²) >= 11 is 0. The number of hydrogen-bond donors (Lipinski definition) is 1. The summed E-state index contributed by atoms with van der Waals surface area (Å²) in [6, 6.07) is 8.74. The molecule has 0 spiro atoms. The molecule has 0 atom stereocenters. The number of hydrogen-bond acceptors (Lipinski definition) is 4. The number of rotatable bonds is 5. The van der Waals surface area contributed by atoms with Crippen LogP contribution in [0.3, 0.4) is 0 Å². The van der Waals surface area contributed by atoms with Gasteiger partial charge < -0.3 is 5.11 Å². The molecule has 2 aromatic rings. The minimum Gasteiger partial charge on any atom is -0.507 e. The maximum absolute atomic E-state index is 11.0. The quantitative estimate of drug-likeness (QED) is 0.676. The van der Waals surface area contributed by atoms with Gasteiger partial charge in [0.15, 0.2) is 12.6 Å². The average Bonchev–Trinajstić information content (AvgIpc) is 2.51. The van der Waals surface area contributed by atoms with Crippen LogP contribution in [-0.4, -0.2) is 23.4 Å². The fourth-order valence-corrected chi connectivity index (χ4v) is 2.10. The highest BCUT2D eigenvalue weighted by molar-refractivity contribution is 6.33. The Morgan fingerprint density at radius 2 is 2.05 bits per heavy atom. The molecular weight excluding hydrogens is 266 g/mol. The summed E-state index contributed by atoms with van der Waals surface area (Å²) in [6.07, 6.45) is 4.76. The van der Waals surface area contributed by atoms with Crippen molar-refractivity contribution in [1.82, 2.24) is 0 Å². The number of nitrogens with zero attached hydrogens (tertiary/aromatic N) is 1. The van der Waals surface area contributed by atoms with E-state index in [-0.39, 0.29) is 11.3 Å². The zero-order valence-corrected chi connectivity index (χ0v) is 11.6. The molecule has 0 heterocycles.